The van der Waals surface area contributed by atoms with Crippen molar-refractivity contribution in [2.24, 2.45) is 5.92 Å². The molecule has 0 saturated carbocycles. The van der Waals surface area contributed by atoms with Gasteiger partial charge in [-0.3, -0.25) is 9.69 Å². The predicted molar refractivity (Wildman–Crippen MR) is 141 cm³/mol. The molecule has 37 heavy (non-hydrogen) atoms. The van der Waals surface area contributed by atoms with Gasteiger partial charge in [-0.05, 0) is 62.2 Å². The van der Waals surface area contributed by atoms with Crippen LogP contribution in [-0.4, -0.2) is 53.9 Å². The normalized spacial score (nSPS) is 25.3. The van der Waals surface area contributed by atoms with Crippen molar-refractivity contribution in [3.8, 4) is 17.7 Å². The average molecular weight is 517 g/mol. The molecular formula is C27H28N6O3S. The number of likely N-dealkylation sites (tertiary alicyclic amines) is 1. The van der Waals surface area contributed by atoms with E-state index in [2.05, 4.69) is 22.1 Å². The molecule has 3 saturated heterocycles. The van der Waals surface area contributed by atoms with Crippen LogP contribution in [0.15, 0.2) is 65.2 Å². The van der Waals surface area contributed by atoms with E-state index in [0.717, 1.165) is 42.9 Å². The molecule has 3 N–H and O–H groups in total. The summed E-state index contributed by atoms with van der Waals surface area (Å²) in [5.74, 6) is 1.32. The maximum Gasteiger partial charge on any atom is 0.326 e. The number of carbonyl (C=O) groups is 2. The van der Waals surface area contributed by atoms with Crippen LogP contribution >= 0.6 is 11.8 Å². The number of para-hydroxylation sites is 1. The zero-order valence-electron chi connectivity index (χ0n) is 20.2. The van der Waals surface area contributed by atoms with E-state index in [0.29, 0.717) is 23.7 Å². The van der Waals surface area contributed by atoms with Crippen molar-refractivity contribution in [1.82, 2.24) is 20.9 Å². The van der Waals surface area contributed by atoms with E-state index in [-0.39, 0.29) is 35.3 Å². The molecule has 4 aliphatic rings. The van der Waals surface area contributed by atoms with Gasteiger partial charge in [-0.25, -0.2) is 4.79 Å². The Labute approximate surface area is 219 Å². The third-order valence-electron chi connectivity index (χ3n) is 7.41. The molecule has 3 atom stereocenters. The molecule has 2 aromatic carbocycles. The average Bonchev–Trinajstić information content (AvgIpc) is 3.30. The fourth-order valence-corrected chi connectivity index (χ4v) is 7.00. The first kappa shape index (κ1) is 23.7. The summed E-state index contributed by atoms with van der Waals surface area (Å²) < 4.78 is 5.91. The highest BCUT2D eigenvalue weighted by Gasteiger charge is 2.51. The Morgan fingerprint density at radius 3 is 2.51 bits per heavy atom. The van der Waals surface area contributed by atoms with Gasteiger partial charge in [0, 0.05) is 36.4 Å². The van der Waals surface area contributed by atoms with Gasteiger partial charge in [0.15, 0.2) is 6.19 Å². The van der Waals surface area contributed by atoms with Crippen LogP contribution < -0.4 is 25.6 Å². The molecule has 0 aromatic heterocycles. The van der Waals surface area contributed by atoms with Crippen molar-refractivity contribution in [2.45, 2.75) is 36.7 Å². The number of ether oxygens (including phenoxy) is 1. The zero-order chi connectivity index (χ0) is 25.4. The summed E-state index contributed by atoms with van der Waals surface area (Å²) in [4.78, 5) is 30.8. The third-order valence-corrected chi connectivity index (χ3v) is 8.77. The molecular weight excluding hydrogens is 488 g/mol. The summed E-state index contributed by atoms with van der Waals surface area (Å²) in [5, 5.41) is 18.8. The fourth-order valence-electron chi connectivity index (χ4n) is 5.60. The zero-order valence-corrected chi connectivity index (χ0v) is 21.0. The molecule has 0 bridgehead atoms. The van der Waals surface area contributed by atoms with Crippen molar-refractivity contribution in [3.05, 3.63) is 65.2 Å². The molecule has 0 spiro atoms. The van der Waals surface area contributed by atoms with Crippen LogP contribution in [0.3, 0.4) is 0 Å². The summed E-state index contributed by atoms with van der Waals surface area (Å²) in [6.45, 7) is 2.07. The molecule has 2 aromatic rings. The number of rotatable bonds is 5. The van der Waals surface area contributed by atoms with Gasteiger partial charge in [-0.2, -0.15) is 5.26 Å². The van der Waals surface area contributed by atoms with E-state index in [4.69, 9.17) is 10.00 Å². The number of hydrogen-bond acceptors (Lipinski definition) is 7. The number of nitrogens with one attached hydrogen (secondary N) is 3. The van der Waals surface area contributed by atoms with E-state index >= 15 is 0 Å². The van der Waals surface area contributed by atoms with Crippen molar-refractivity contribution in [1.29, 1.82) is 5.26 Å². The highest BCUT2D eigenvalue weighted by molar-refractivity contribution is 8.04. The molecule has 4 heterocycles. The minimum Gasteiger partial charge on any atom is -0.457 e. The minimum absolute atomic E-state index is 0.00196. The van der Waals surface area contributed by atoms with E-state index < -0.39 is 0 Å². The standard InChI is InChI=1S/C27H28N6O3S/c28-16-32-14-11-17(12-15-32)30-25(34)24-23-22-21(10-13-29-26(22)37-24)33(27(35)31-23)18-6-8-20(9-7-18)36-19-4-2-1-3-5-19/h1-9,17,21-22,26,29H,10-15H2,(H,30,34)(H,31,35). The SMILES string of the molecule is N#CN1CCC(NC(=O)C2=C3NC(=O)N(c4ccc(Oc5ccccc5)cc4)C4CCNC(S2)C34)CC1. The lowest BCUT2D eigenvalue weighted by atomic mass is 9.86. The van der Waals surface area contributed by atoms with Gasteiger partial charge in [0.25, 0.3) is 5.91 Å². The quantitative estimate of drug-likeness (QED) is 0.523. The van der Waals surface area contributed by atoms with Crippen molar-refractivity contribution in [2.75, 3.05) is 24.5 Å². The lowest BCUT2D eigenvalue weighted by Crippen LogP contribution is -2.62. The maximum atomic E-state index is 13.4. The van der Waals surface area contributed by atoms with Crippen LogP contribution in [-0.2, 0) is 4.79 Å². The highest BCUT2D eigenvalue weighted by atomic mass is 32.2. The molecule has 10 heteroatoms. The topological polar surface area (TPSA) is 110 Å². The van der Waals surface area contributed by atoms with Crippen LogP contribution in [0.25, 0.3) is 0 Å². The number of anilines is 1. The van der Waals surface area contributed by atoms with Crippen LogP contribution in [0.5, 0.6) is 11.5 Å². The molecule has 190 valence electrons. The lowest BCUT2D eigenvalue weighted by Gasteiger charge is -2.45. The van der Waals surface area contributed by atoms with Crippen LogP contribution in [0.4, 0.5) is 10.5 Å². The Hall–Kier alpha value is -3.68. The molecule has 4 aliphatic heterocycles. The number of nitriles is 1. The Kier molecular flexibility index (Phi) is 6.40. The van der Waals surface area contributed by atoms with Crippen LogP contribution in [0, 0.1) is 17.4 Å². The van der Waals surface area contributed by atoms with Gasteiger partial charge in [0.05, 0.1) is 16.3 Å². The Balaban J connectivity index is 1.19. The number of benzene rings is 2. The van der Waals surface area contributed by atoms with Gasteiger partial charge in [0.1, 0.15) is 11.5 Å². The Morgan fingerprint density at radius 2 is 1.78 bits per heavy atom. The second kappa shape index (κ2) is 10.00. The summed E-state index contributed by atoms with van der Waals surface area (Å²) in [6, 6.07) is 16.9. The van der Waals surface area contributed by atoms with Crippen molar-refractivity contribution in [3.63, 3.8) is 0 Å². The summed E-state index contributed by atoms with van der Waals surface area (Å²) in [6.07, 6.45) is 4.45. The Morgan fingerprint density at radius 1 is 1.05 bits per heavy atom. The highest BCUT2D eigenvalue weighted by Crippen LogP contribution is 2.48. The van der Waals surface area contributed by atoms with Gasteiger partial charge >= 0.3 is 6.03 Å². The summed E-state index contributed by atoms with van der Waals surface area (Å²) >= 11 is 1.51. The summed E-state index contributed by atoms with van der Waals surface area (Å²) in [7, 11) is 0. The Bertz CT molecular complexity index is 1250. The predicted octanol–water partition coefficient (Wildman–Crippen LogP) is 3.33. The minimum atomic E-state index is -0.219. The molecule has 3 amide bonds. The number of urea groups is 1. The first-order valence-corrected chi connectivity index (χ1v) is 13.5. The van der Waals surface area contributed by atoms with Crippen molar-refractivity contribution < 1.29 is 14.3 Å². The van der Waals surface area contributed by atoms with Crippen LogP contribution in [0.2, 0.25) is 0 Å². The van der Waals surface area contributed by atoms with E-state index in [1.807, 2.05) is 59.5 Å². The van der Waals surface area contributed by atoms with Crippen molar-refractivity contribution >= 4 is 29.4 Å². The molecule has 3 unspecified atom stereocenters. The van der Waals surface area contributed by atoms with E-state index in [1.165, 1.54) is 11.8 Å². The first-order chi connectivity index (χ1) is 18.1. The molecule has 0 radical (unpaired) electrons. The molecule has 6 rings (SSSR count). The molecule has 0 aliphatic carbocycles. The molecule has 3 fully saturated rings. The smallest absolute Gasteiger partial charge is 0.326 e. The van der Waals surface area contributed by atoms with Gasteiger partial charge < -0.3 is 25.6 Å². The second-order valence-electron chi connectivity index (χ2n) is 9.66. The van der Waals surface area contributed by atoms with Gasteiger partial charge in [-0.15, -0.1) is 0 Å². The third kappa shape index (κ3) is 4.61. The number of carbonyl (C=O) groups excluding carboxylic acids is 2. The fraction of sp³-hybridized carbons (Fsp3) is 0.370. The lowest BCUT2D eigenvalue weighted by molar-refractivity contribution is -0.117. The molecule has 9 nitrogen and oxygen atoms in total. The van der Waals surface area contributed by atoms with E-state index in [9.17, 15) is 9.59 Å². The van der Waals surface area contributed by atoms with Crippen LogP contribution in [0.1, 0.15) is 19.3 Å². The summed E-state index contributed by atoms with van der Waals surface area (Å²) in [5.41, 5.74) is 1.53. The first-order valence-electron chi connectivity index (χ1n) is 12.6. The van der Waals surface area contributed by atoms with E-state index in [1.54, 1.807) is 4.90 Å². The number of piperidine rings is 2. The largest absolute Gasteiger partial charge is 0.457 e. The second-order valence-corrected chi connectivity index (χ2v) is 10.8. The maximum absolute atomic E-state index is 13.4. The number of hydrogen-bond donors (Lipinski definition) is 3. The van der Waals surface area contributed by atoms with Gasteiger partial charge in [-0.1, -0.05) is 30.0 Å². The number of amides is 3. The van der Waals surface area contributed by atoms with Gasteiger partial charge in [0.2, 0.25) is 0 Å². The monoisotopic (exact) mass is 516 g/mol. The number of thioether (sulfide) groups is 1. The number of nitrogens with zero attached hydrogens (tertiary/aromatic N) is 3.